The molecular weight excluding hydrogens is 439 g/mol. The van der Waals surface area contributed by atoms with Crippen molar-refractivity contribution in [3.63, 3.8) is 0 Å². The van der Waals surface area contributed by atoms with E-state index in [1.165, 1.54) is 12.1 Å². The minimum absolute atomic E-state index is 0.158. The van der Waals surface area contributed by atoms with Gasteiger partial charge in [-0.3, -0.25) is 4.79 Å². The molecule has 0 unspecified atom stereocenters. The fourth-order valence-corrected chi connectivity index (χ4v) is 3.96. The zero-order chi connectivity index (χ0) is 23.8. The van der Waals surface area contributed by atoms with Gasteiger partial charge in [-0.05, 0) is 86.1 Å². The van der Waals surface area contributed by atoms with E-state index < -0.39 is 0 Å². The average molecular weight is 471 g/mol. The van der Waals surface area contributed by atoms with E-state index >= 15 is 0 Å². The number of nitrogens with one attached hydrogen (secondary N) is 2. The van der Waals surface area contributed by atoms with Crippen LogP contribution in [0, 0.1) is 5.82 Å². The van der Waals surface area contributed by atoms with Crippen molar-refractivity contribution in [1.82, 2.24) is 14.8 Å². The number of benzene rings is 2. The van der Waals surface area contributed by atoms with Gasteiger partial charge in [0.1, 0.15) is 11.6 Å². The number of pyridine rings is 1. The first-order chi connectivity index (χ1) is 15.9. The molecule has 1 aromatic heterocycles. The monoisotopic (exact) mass is 470 g/mol. The Kier molecular flexibility index (Phi) is 8.79. The Morgan fingerprint density at radius 3 is 2.48 bits per heavy atom. The number of hydrogen-bond donors (Lipinski definition) is 2. The van der Waals surface area contributed by atoms with Gasteiger partial charge in [0.05, 0.1) is 19.2 Å². The van der Waals surface area contributed by atoms with Crippen molar-refractivity contribution >= 4 is 33.9 Å². The summed E-state index contributed by atoms with van der Waals surface area (Å²) in [5.41, 5.74) is 1.89. The van der Waals surface area contributed by atoms with Crippen LogP contribution < -0.4 is 15.6 Å². The SMILES string of the molecule is CCN(CC)CCCN(Cc1cc2ccc(OC)cc2[nH]c1=O)C(=S)Nc1ccc(F)cc1. The van der Waals surface area contributed by atoms with Crippen LogP contribution in [-0.4, -0.2) is 53.2 Å². The highest BCUT2D eigenvalue weighted by atomic mass is 32.1. The van der Waals surface area contributed by atoms with Gasteiger partial charge in [0, 0.05) is 23.9 Å². The van der Waals surface area contributed by atoms with Gasteiger partial charge in [0.25, 0.3) is 5.56 Å². The Morgan fingerprint density at radius 1 is 1.09 bits per heavy atom. The van der Waals surface area contributed by atoms with Gasteiger partial charge in [0.15, 0.2) is 5.11 Å². The molecule has 8 heteroatoms. The molecule has 0 aliphatic heterocycles. The van der Waals surface area contributed by atoms with Crippen molar-refractivity contribution in [2.24, 2.45) is 0 Å². The summed E-state index contributed by atoms with van der Waals surface area (Å²) in [5, 5.41) is 4.59. The summed E-state index contributed by atoms with van der Waals surface area (Å²) in [5.74, 6) is 0.385. The summed E-state index contributed by atoms with van der Waals surface area (Å²) < 4.78 is 18.5. The lowest BCUT2D eigenvalue weighted by Crippen LogP contribution is -2.38. The van der Waals surface area contributed by atoms with Crippen LogP contribution in [0.25, 0.3) is 10.9 Å². The summed E-state index contributed by atoms with van der Waals surface area (Å²) in [4.78, 5) is 20.1. The van der Waals surface area contributed by atoms with Gasteiger partial charge in [-0.15, -0.1) is 0 Å². The maximum absolute atomic E-state index is 13.3. The summed E-state index contributed by atoms with van der Waals surface area (Å²) in [6.45, 7) is 8.26. The van der Waals surface area contributed by atoms with E-state index in [4.69, 9.17) is 17.0 Å². The van der Waals surface area contributed by atoms with E-state index in [0.717, 1.165) is 37.0 Å². The van der Waals surface area contributed by atoms with Crippen molar-refractivity contribution < 1.29 is 9.13 Å². The molecular formula is C25H31FN4O2S. The number of ether oxygens (including phenoxy) is 1. The Morgan fingerprint density at radius 2 is 1.82 bits per heavy atom. The lowest BCUT2D eigenvalue weighted by atomic mass is 10.1. The number of nitrogens with zero attached hydrogens (tertiary/aromatic N) is 2. The third-order valence-electron chi connectivity index (χ3n) is 5.67. The number of fused-ring (bicyclic) bond motifs is 1. The Labute approximate surface area is 199 Å². The van der Waals surface area contributed by atoms with E-state index in [9.17, 15) is 9.18 Å². The fourth-order valence-electron chi connectivity index (χ4n) is 3.69. The predicted octanol–water partition coefficient (Wildman–Crippen LogP) is 4.61. The van der Waals surface area contributed by atoms with Crippen LogP contribution in [0.2, 0.25) is 0 Å². The molecule has 0 amide bonds. The highest BCUT2D eigenvalue weighted by Gasteiger charge is 2.15. The highest BCUT2D eigenvalue weighted by Crippen LogP contribution is 2.19. The third-order valence-corrected chi connectivity index (χ3v) is 6.03. The molecule has 0 radical (unpaired) electrons. The number of hydrogen-bond acceptors (Lipinski definition) is 4. The Hall–Kier alpha value is -2.97. The van der Waals surface area contributed by atoms with Crippen LogP contribution in [0.4, 0.5) is 10.1 Å². The third kappa shape index (κ3) is 6.76. The number of H-pyrrole nitrogens is 1. The molecule has 3 aromatic rings. The van der Waals surface area contributed by atoms with Gasteiger partial charge < -0.3 is 24.8 Å². The van der Waals surface area contributed by atoms with Crippen molar-refractivity contribution in [3.8, 4) is 5.75 Å². The van der Waals surface area contributed by atoms with Crippen LogP contribution in [0.5, 0.6) is 5.75 Å². The molecule has 6 nitrogen and oxygen atoms in total. The van der Waals surface area contributed by atoms with Gasteiger partial charge >= 0.3 is 0 Å². The number of halogens is 1. The van der Waals surface area contributed by atoms with Crippen LogP contribution in [0.1, 0.15) is 25.8 Å². The first-order valence-corrected chi connectivity index (χ1v) is 11.6. The number of methoxy groups -OCH3 is 1. The lowest BCUT2D eigenvalue weighted by molar-refractivity contribution is 0.281. The number of rotatable bonds is 10. The smallest absolute Gasteiger partial charge is 0.253 e. The van der Waals surface area contributed by atoms with Crippen molar-refractivity contribution in [1.29, 1.82) is 0 Å². The zero-order valence-corrected chi connectivity index (χ0v) is 20.2. The number of anilines is 1. The van der Waals surface area contributed by atoms with E-state index in [2.05, 4.69) is 29.0 Å². The molecule has 0 fully saturated rings. The molecule has 0 aliphatic carbocycles. The number of thiocarbonyl (C=S) groups is 1. The topological polar surface area (TPSA) is 60.6 Å². The molecule has 0 saturated heterocycles. The minimum Gasteiger partial charge on any atom is -0.497 e. The zero-order valence-electron chi connectivity index (χ0n) is 19.4. The Balaban J connectivity index is 1.81. The van der Waals surface area contributed by atoms with Gasteiger partial charge in [-0.1, -0.05) is 13.8 Å². The lowest BCUT2D eigenvalue weighted by Gasteiger charge is -2.27. The number of aromatic nitrogens is 1. The van der Waals surface area contributed by atoms with Crippen LogP contribution >= 0.6 is 12.2 Å². The summed E-state index contributed by atoms with van der Waals surface area (Å²) >= 11 is 5.68. The Bertz CT molecular complexity index is 1130. The largest absolute Gasteiger partial charge is 0.497 e. The van der Waals surface area contributed by atoms with Gasteiger partial charge in [-0.2, -0.15) is 0 Å². The standard InChI is InChI=1S/C25H31FN4O2S/c1-4-29(5-2)13-6-14-30(25(33)27-21-10-8-20(26)9-11-21)17-19-15-18-7-12-22(32-3)16-23(18)28-24(19)31/h7-12,15-16H,4-6,13-14,17H2,1-3H3,(H,27,33)(H,28,31). The molecule has 1 heterocycles. The van der Waals surface area contributed by atoms with Crippen LogP contribution in [0.15, 0.2) is 53.3 Å². The second-order valence-corrected chi connectivity index (χ2v) is 8.20. The van der Waals surface area contributed by atoms with Gasteiger partial charge in [-0.25, -0.2) is 4.39 Å². The molecule has 176 valence electrons. The first kappa shape index (κ1) is 24.7. The molecule has 33 heavy (non-hydrogen) atoms. The summed E-state index contributed by atoms with van der Waals surface area (Å²) in [7, 11) is 1.60. The highest BCUT2D eigenvalue weighted by molar-refractivity contribution is 7.80. The molecule has 0 bridgehead atoms. The van der Waals surface area contributed by atoms with E-state index in [1.54, 1.807) is 19.2 Å². The summed E-state index contributed by atoms with van der Waals surface area (Å²) in [6.07, 6.45) is 0.898. The van der Waals surface area contributed by atoms with Crippen LogP contribution in [-0.2, 0) is 6.54 Å². The maximum atomic E-state index is 13.3. The summed E-state index contributed by atoms with van der Waals surface area (Å²) in [6, 6.07) is 13.6. The number of aromatic amines is 1. The van der Waals surface area contributed by atoms with E-state index in [-0.39, 0.29) is 11.4 Å². The second kappa shape index (κ2) is 11.8. The molecule has 3 rings (SSSR count). The van der Waals surface area contributed by atoms with E-state index in [0.29, 0.717) is 35.2 Å². The molecule has 2 N–H and O–H groups in total. The predicted molar refractivity (Wildman–Crippen MR) is 137 cm³/mol. The van der Waals surface area contributed by atoms with Crippen molar-refractivity contribution in [2.45, 2.75) is 26.8 Å². The van der Waals surface area contributed by atoms with Crippen molar-refractivity contribution in [3.05, 3.63) is 70.3 Å². The average Bonchev–Trinajstić information content (AvgIpc) is 2.82. The van der Waals surface area contributed by atoms with Crippen molar-refractivity contribution in [2.75, 3.05) is 38.6 Å². The second-order valence-electron chi connectivity index (χ2n) is 7.82. The van der Waals surface area contributed by atoms with Gasteiger partial charge in [0.2, 0.25) is 0 Å². The normalized spacial score (nSPS) is 11.1. The molecule has 2 aromatic carbocycles. The minimum atomic E-state index is -0.304. The van der Waals surface area contributed by atoms with Crippen LogP contribution in [0.3, 0.4) is 0 Å². The van der Waals surface area contributed by atoms with E-state index in [1.807, 2.05) is 29.2 Å². The quantitative estimate of drug-likeness (QED) is 0.422. The molecule has 0 saturated carbocycles. The fraction of sp³-hybridized carbons (Fsp3) is 0.360. The molecule has 0 atom stereocenters. The molecule has 0 spiro atoms. The maximum Gasteiger partial charge on any atom is 0.253 e. The first-order valence-electron chi connectivity index (χ1n) is 11.2. The molecule has 0 aliphatic rings.